The van der Waals surface area contributed by atoms with E-state index in [0.717, 1.165) is 18.9 Å². The molecule has 0 aromatic carbocycles. The van der Waals surface area contributed by atoms with Gasteiger partial charge >= 0.3 is 0 Å². The number of hydrogen-bond acceptors (Lipinski definition) is 3. The third kappa shape index (κ3) is 3.50. The quantitative estimate of drug-likeness (QED) is 0.822. The summed E-state index contributed by atoms with van der Waals surface area (Å²) >= 11 is 0. The lowest BCUT2D eigenvalue weighted by Crippen LogP contribution is -2.56. The first-order valence-electron chi connectivity index (χ1n) is 8.30. The molecule has 0 aromatic heterocycles. The number of nitrogens with one attached hydrogen (secondary N) is 1. The van der Waals surface area contributed by atoms with Gasteiger partial charge in [-0.25, -0.2) is 0 Å². The Labute approximate surface area is 118 Å². The Bertz CT molecular complexity index is 265. The zero-order chi connectivity index (χ0) is 13.7. The highest BCUT2D eigenvalue weighted by Gasteiger charge is 2.38. The van der Waals surface area contributed by atoms with Crippen LogP contribution < -0.4 is 5.32 Å². The molecule has 19 heavy (non-hydrogen) atoms. The maximum absolute atomic E-state index is 9.76. The minimum absolute atomic E-state index is 0.0203. The summed E-state index contributed by atoms with van der Waals surface area (Å²) in [4.78, 5) is 2.79. The third-order valence-corrected chi connectivity index (χ3v) is 5.51. The van der Waals surface area contributed by atoms with E-state index in [4.69, 9.17) is 0 Å². The SMILES string of the molecule is CCC1CCCCCN1C1CCCC(CO)(NC)C1. The summed E-state index contributed by atoms with van der Waals surface area (Å²) in [5.41, 5.74) is -0.0203. The lowest BCUT2D eigenvalue weighted by Gasteiger charge is -2.46. The van der Waals surface area contributed by atoms with Crippen molar-refractivity contribution in [1.82, 2.24) is 10.2 Å². The van der Waals surface area contributed by atoms with Crippen LogP contribution in [0.5, 0.6) is 0 Å². The molecule has 1 saturated heterocycles. The Morgan fingerprint density at radius 2 is 2.05 bits per heavy atom. The average Bonchev–Trinajstić information content (AvgIpc) is 2.72. The van der Waals surface area contributed by atoms with E-state index in [0.29, 0.717) is 6.04 Å². The number of aliphatic hydroxyl groups excluding tert-OH is 1. The number of rotatable bonds is 4. The molecule has 2 aliphatic rings. The Morgan fingerprint density at radius 3 is 2.74 bits per heavy atom. The highest BCUT2D eigenvalue weighted by Crippen LogP contribution is 2.34. The Balaban J connectivity index is 2.05. The van der Waals surface area contributed by atoms with Gasteiger partial charge in [0.15, 0.2) is 0 Å². The number of hydrogen-bond donors (Lipinski definition) is 2. The number of likely N-dealkylation sites (tertiary alicyclic amines) is 1. The van der Waals surface area contributed by atoms with Crippen molar-refractivity contribution in [2.45, 2.75) is 82.3 Å². The van der Waals surface area contributed by atoms with Crippen LogP contribution in [0.2, 0.25) is 0 Å². The Hall–Kier alpha value is -0.120. The molecule has 0 aromatic rings. The predicted molar refractivity (Wildman–Crippen MR) is 80.4 cm³/mol. The molecule has 2 fully saturated rings. The molecule has 1 aliphatic carbocycles. The van der Waals surface area contributed by atoms with Gasteiger partial charge in [0.25, 0.3) is 0 Å². The van der Waals surface area contributed by atoms with E-state index in [9.17, 15) is 5.11 Å². The van der Waals surface area contributed by atoms with Crippen LogP contribution in [-0.4, -0.2) is 47.8 Å². The van der Waals surface area contributed by atoms with Crippen LogP contribution in [0.3, 0.4) is 0 Å². The fourth-order valence-electron chi connectivity index (χ4n) is 4.18. The van der Waals surface area contributed by atoms with E-state index in [1.54, 1.807) is 0 Å². The normalized spacial score (nSPS) is 38.1. The van der Waals surface area contributed by atoms with E-state index >= 15 is 0 Å². The minimum atomic E-state index is -0.0203. The van der Waals surface area contributed by atoms with E-state index in [2.05, 4.69) is 17.1 Å². The molecule has 0 amide bonds. The molecule has 112 valence electrons. The summed E-state index contributed by atoms with van der Waals surface area (Å²) < 4.78 is 0. The summed E-state index contributed by atoms with van der Waals surface area (Å²) in [6.07, 6.45) is 11.6. The van der Waals surface area contributed by atoms with Gasteiger partial charge in [0.2, 0.25) is 0 Å². The van der Waals surface area contributed by atoms with Crippen LogP contribution in [0.15, 0.2) is 0 Å². The van der Waals surface area contributed by atoms with Crippen molar-refractivity contribution in [2.24, 2.45) is 0 Å². The molecule has 3 atom stereocenters. The maximum atomic E-state index is 9.76. The maximum Gasteiger partial charge on any atom is 0.0613 e. The molecule has 0 spiro atoms. The standard InChI is InChI=1S/C16H32N2O/c1-3-14-8-5-4-6-11-18(14)15-9-7-10-16(12-15,13-19)17-2/h14-15,17,19H,3-13H2,1-2H3. The van der Waals surface area contributed by atoms with Crippen molar-refractivity contribution in [2.75, 3.05) is 20.2 Å². The highest BCUT2D eigenvalue weighted by molar-refractivity contribution is 4.97. The van der Waals surface area contributed by atoms with Crippen LogP contribution in [0, 0.1) is 0 Å². The first kappa shape index (κ1) is 15.3. The molecule has 1 saturated carbocycles. The molecular weight excluding hydrogens is 236 g/mol. The van der Waals surface area contributed by atoms with Crippen molar-refractivity contribution in [3.05, 3.63) is 0 Å². The molecule has 3 unspecified atom stereocenters. The van der Waals surface area contributed by atoms with Crippen molar-refractivity contribution in [1.29, 1.82) is 0 Å². The summed E-state index contributed by atoms with van der Waals surface area (Å²) in [7, 11) is 2.01. The predicted octanol–water partition coefficient (Wildman–Crippen LogP) is 2.53. The number of nitrogens with zero attached hydrogens (tertiary/aromatic N) is 1. The summed E-state index contributed by atoms with van der Waals surface area (Å²) in [5.74, 6) is 0. The summed E-state index contributed by atoms with van der Waals surface area (Å²) in [5, 5.41) is 13.2. The second kappa shape index (κ2) is 7.05. The molecule has 3 nitrogen and oxygen atoms in total. The second-order valence-electron chi connectivity index (χ2n) is 6.59. The Kier molecular flexibility index (Phi) is 5.67. The van der Waals surface area contributed by atoms with Gasteiger partial charge in [0, 0.05) is 17.6 Å². The molecule has 2 N–H and O–H groups in total. The van der Waals surface area contributed by atoms with Gasteiger partial charge in [-0.15, -0.1) is 0 Å². The zero-order valence-electron chi connectivity index (χ0n) is 12.8. The van der Waals surface area contributed by atoms with Gasteiger partial charge < -0.3 is 10.4 Å². The van der Waals surface area contributed by atoms with E-state index in [1.807, 2.05) is 7.05 Å². The summed E-state index contributed by atoms with van der Waals surface area (Å²) in [6.45, 7) is 3.89. The third-order valence-electron chi connectivity index (χ3n) is 5.51. The second-order valence-corrected chi connectivity index (χ2v) is 6.59. The minimum Gasteiger partial charge on any atom is -0.394 e. The highest BCUT2D eigenvalue weighted by atomic mass is 16.3. The molecule has 2 rings (SSSR count). The molecule has 1 heterocycles. The van der Waals surface area contributed by atoms with Crippen molar-refractivity contribution >= 4 is 0 Å². The van der Waals surface area contributed by atoms with Gasteiger partial charge in [-0.1, -0.05) is 19.8 Å². The van der Waals surface area contributed by atoms with E-state index in [1.165, 1.54) is 51.5 Å². The van der Waals surface area contributed by atoms with Crippen LogP contribution >= 0.6 is 0 Å². The average molecular weight is 268 g/mol. The number of likely N-dealkylation sites (N-methyl/N-ethyl adjacent to an activating group) is 1. The lowest BCUT2D eigenvalue weighted by molar-refractivity contribution is 0.0417. The molecule has 0 radical (unpaired) electrons. The number of aliphatic hydroxyl groups is 1. The largest absolute Gasteiger partial charge is 0.394 e. The van der Waals surface area contributed by atoms with Crippen LogP contribution in [0.1, 0.15) is 64.7 Å². The van der Waals surface area contributed by atoms with E-state index in [-0.39, 0.29) is 12.1 Å². The molecular formula is C16H32N2O. The Morgan fingerprint density at radius 1 is 1.21 bits per heavy atom. The van der Waals surface area contributed by atoms with Gasteiger partial charge in [-0.2, -0.15) is 0 Å². The van der Waals surface area contributed by atoms with Crippen LogP contribution in [0.25, 0.3) is 0 Å². The lowest BCUT2D eigenvalue weighted by atomic mass is 9.78. The van der Waals surface area contributed by atoms with Crippen molar-refractivity contribution < 1.29 is 5.11 Å². The summed E-state index contributed by atoms with van der Waals surface area (Å²) in [6, 6.07) is 1.45. The molecule has 0 bridgehead atoms. The van der Waals surface area contributed by atoms with Crippen LogP contribution in [-0.2, 0) is 0 Å². The van der Waals surface area contributed by atoms with E-state index < -0.39 is 0 Å². The van der Waals surface area contributed by atoms with Gasteiger partial charge in [0.1, 0.15) is 0 Å². The van der Waals surface area contributed by atoms with Crippen molar-refractivity contribution in [3.8, 4) is 0 Å². The van der Waals surface area contributed by atoms with Gasteiger partial charge in [-0.05, 0) is 58.5 Å². The zero-order valence-corrected chi connectivity index (χ0v) is 12.8. The molecule has 3 heteroatoms. The topological polar surface area (TPSA) is 35.5 Å². The first-order valence-corrected chi connectivity index (χ1v) is 8.30. The molecule has 1 aliphatic heterocycles. The monoisotopic (exact) mass is 268 g/mol. The first-order chi connectivity index (χ1) is 9.24. The van der Waals surface area contributed by atoms with Crippen molar-refractivity contribution in [3.63, 3.8) is 0 Å². The van der Waals surface area contributed by atoms with Gasteiger partial charge in [-0.3, -0.25) is 4.90 Å². The fraction of sp³-hybridized carbons (Fsp3) is 1.00. The van der Waals surface area contributed by atoms with Crippen LogP contribution in [0.4, 0.5) is 0 Å². The van der Waals surface area contributed by atoms with Gasteiger partial charge in [0.05, 0.1) is 6.61 Å². The smallest absolute Gasteiger partial charge is 0.0613 e. The fourth-order valence-corrected chi connectivity index (χ4v) is 4.18.